The molecule has 1 atom stereocenters. The first-order valence-electron chi connectivity index (χ1n) is 6.94. The number of rotatable bonds is 6. The summed E-state index contributed by atoms with van der Waals surface area (Å²) in [7, 11) is 1.66. The molecule has 0 heterocycles. The second-order valence-corrected chi connectivity index (χ2v) is 5.14. The molecule has 104 valence electrons. The number of Topliss-reactive ketones (excluding diaryl/α,β-unsaturated/α-hetero) is 1. The monoisotopic (exact) mass is 262 g/mol. The predicted molar refractivity (Wildman–Crippen MR) is 74.2 cm³/mol. The van der Waals surface area contributed by atoms with Crippen LogP contribution in [0.5, 0.6) is 5.75 Å². The van der Waals surface area contributed by atoms with E-state index in [1.807, 2.05) is 24.3 Å². The molecule has 3 heteroatoms. The average Bonchev–Trinajstić information content (AvgIpc) is 2.45. The minimum absolute atomic E-state index is 0.0706. The van der Waals surface area contributed by atoms with Gasteiger partial charge >= 0.3 is 0 Å². The highest BCUT2D eigenvalue weighted by molar-refractivity contribution is 5.92. The third kappa shape index (κ3) is 2.52. The Balaban J connectivity index is 1.97. The van der Waals surface area contributed by atoms with Crippen LogP contribution in [0.15, 0.2) is 24.3 Å². The molecule has 1 aliphatic rings. The number of methoxy groups -OCH3 is 1. The highest BCUT2D eigenvalue weighted by atomic mass is 16.5. The molecule has 2 rings (SSSR count). The fourth-order valence-corrected chi connectivity index (χ4v) is 2.89. The van der Waals surface area contributed by atoms with E-state index in [-0.39, 0.29) is 11.5 Å². The summed E-state index contributed by atoms with van der Waals surface area (Å²) in [5.41, 5.74) is 0.846. The van der Waals surface area contributed by atoms with Gasteiger partial charge in [0.1, 0.15) is 11.5 Å². The molecule has 1 aliphatic carbocycles. The van der Waals surface area contributed by atoms with Gasteiger partial charge in [0.05, 0.1) is 25.2 Å². The minimum Gasteiger partial charge on any atom is -0.497 e. The number of hydrogen-bond acceptors (Lipinski definition) is 3. The van der Waals surface area contributed by atoms with E-state index < -0.39 is 0 Å². The summed E-state index contributed by atoms with van der Waals surface area (Å²) >= 11 is 0. The van der Waals surface area contributed by atoms with Gasteiger partial charge in [0.15, 0.2) is 0 Å². The molecule has 0 aromatic heterocycles. The average molecular weight is 262 g/mol. The third-order valence-electron chi connectivity index (χ3n) is 4.39. The molecule has 1 saturated carbocycles. The standard InChI is InChI=1S/C16H22O3/c1-4-16(5-2)14(17)10-15(16)19-11-12-7-6-8-13(9-12)18-3/h6-9,15H,4-5,10-11H2,1-3H3. The number of hydrogen-bond donors (Lipinski definition) is 0. The van der Waals surface area contributed by atoms with Crippen LogP contribution in [0.4, 0.5) is 0 Å². The summed E-state index contributed by atoms with van der Waals surface area (Å²) in [6.45, 7) is 4.68. The molecule has 0 saturated heterocycles. The number of ether oxygens (including phenoxy) is 2. The van der Waals surface area contributed by atoms with Crippen molar-refractivity contribution in [3.8, 4) is 5.75 Å². The van der Waals surface area contributed by atoms with Gasteiger partial charge < -0.3 is 9.47 Å². The molecular formula is C16H22O3. The van der Waals surface area contributed by atoms with E-state index in [2.05, 4.69) is 13.8 Å². The lowest BCUT2D eigenvalue weighted by Gasteiger charge is -2.46. The summed E-state index contributed by atoms with van der Waals surface area (Å²) in [5.74, 6) is 1.19. The smallest absolute Gasteiger partial charge is 0.144 e. The number of carbonyl (C=O) groups excluding carboxylic acids is 1. The number of ketones is 1. The molecule has 0 spiro atoms. The van der Waals surface area contributed by atoms with E-state index in [9.17, 15) is 4.79 Å². The van der Waals surface area contributed by atoms with Crippen molar-refractivity contribution >= 4 is 5.78 Å². The molecule has 1 fully saturated rings. The first kappa shape index (κ1) is 14.1. The van der Waals surface area contributed by atoms with Crippen molar-refractivity contribution in [3.63, 3.8) is 0 Å². The fourth-order valence-electron chi connectivity index (χ4n) is 2.89. The minimum atomic E-state index is -0.237. The molecule has 0 aliphatic heterocycles. The molecule has 1 aromatic carbocycles. The van der Waals surface area contributed by atoms with E-state index >= 15 is 0 Å². The fraction of sp³-hybridized carbons (Fsp3) is 0.562. The number of benzene rings is 1. The van der Waals surface area contributed by atoms with Gasteiger partial charge in [-0.15, -0.1) is 0 Å². The lowest BCUT2D eigenvalue weighted by Crippen LogP contribution is -2.54. The Hall–Kier alpha value is -1.35. The van der Waals surface area contributed by atoms with Crippen molar-refractivity contribution in [2.75, 3.05) is 7.11 Å². The van der Waals surface area contributed by atoms with Crippen molar-refractivity contribution in [3.05, 3.63) is 29.8 Å². The molecule has 19 heavy (non-hydrogen) atoms. The SMILES string of the molecule is CCC1(CC)C(=O)CC1OCc1cccc(OC)c1. The topological polar surface area (TPSA) is 35.5 Å². The second kappa shape index (κ2) is 5.74. The molecule has 0 N–H and O–H groups in total. The van der Waals surface area contributed by atoms with Crippen LogP contribution in [0.25, 0.3) is 0 Å². The molecule has 1 aromatic rings. The maximum absolute atomic E-state index is 11.8. The Kier molecular flexibility index (Phi) is 4.25. The quantitative estimate of drug-likeness (QED) is 0.788. The van der Waals surface area contributed by atoms with Gasteiger partial charge in [0.25, 0.3) is 0 Å². The molecule has 0 bridgehead atoms. The summed E-state index contributed by atoms with van der Waals surface area (Å²) in [6.07, 6.45) is 2.36. The molecule has 0 amide bonds. The zero-order valence-corrected chi connectivity index (χ0v) is 11.9. The first-order chi connectivity index (χ1) is 9.16. The third-order valence-corrected chi connectivity index (χ3v) is 4.39. The van der Waals surface area contributed by atoms with Crippen LogP contribution in [0.1, 0.15) is 38.7 Å². The molecule has 3 nitrogen and oxygen atoms in total. The van der Waals surface area contributed by atoms with Crippen LogP contribution >= 0.6 is 0 Å². The van der Waals surface area contributed by atoms with Gasteiger partial charge in [0.2, 0.25) is 0 Å². The maximum atomic E-state index is 11.8. The van der Waals surface area contributed by atoms with Gasteiger partial charge in [-0.1, -0.05) is 26.0 Å². The highest BCUT2D eigenvalue weighted by Crippen LogP contribution is 2.45. The summed E-state index contributed by atoms with van der Waals surface area (Å²) < 4.78 is 11.1. The van der Waals surface area contributed by atoms with Crippen LogP contribution in [-0.4, -0.2) is 19.0 Å². The first-order valence-corrected chi connectivity index (χ1v) is 6.94. The maximum Gasteiger partial charge on any atom is 0.144 e. The van der Waals surface area contributed by atoms with Crippen LogP contribution < -0.4 is 4.74 Å². The Labute approximate surface area is 114 Å². The second-order valence-electron chi connectivity index (χ2n) is 5.14. The molecule has 0 radical (unpaired) electrons. The summed E-state index contributed by atoms with van der Waals surface area (Å²) in [5, 5.41) is 0. The van der Waals surface area contributed by atoms with E-state index in [0.717, 1.165) is 24.2 Å². The van der Waals surface area contributed by atoms with Gasteiger partial charge in [-0.3, -0.25) is 4.79 Å². The van der Waals surface area contributed by atoms with Gasteiger partial charge in [-0.05, 0) is 30.5 Å². The van der Waals surface area contributed by atoms with E-state index in [0.29, 0.717) is 18.8 Å². The Morgan fingerprint density at radius 2 is 2.05 bits per heavy atom. The van der Waals surface area contributed by atoms with Crippen molar-refractivity contribution in [1.29, 1.82) is 0 Å². The summed E-state index contributed by atoms with van der Waals surface area (Å²) in [6, 6.07) is 7.86. The highest BCUT2D eigenvalue weighted by Gasteiger charge is 2.52. The van der Waals surface area contributed by atoms with Crippen LogP contribution in [0.3, 0.4) is 0 Å². The van der Waals surface area contributed by atoms with Crippen LogP contribution in [0.2, 0.25) is 0 Å². The van der Waals surface area contributed by atoms with Gasteiger partial charge in [-0.25, -0.2) is 0 Å². The zero-order chi connectivity index (χ0) is 13.9. The Morgan fingerprint density at radius 3 is 2.63 bits per heavy atom. The molecular weight excluding hydrogens is 240 g/mol. The zero-order valence-electron chi connectivity index (χ0n) is 11.9. The van der Waals surface area contributed by atoms with Crippen molar-refractivity contribution in [1.82, 2.24) is 0 Å². The van der Waals surface area contributed by atoms with Crippen molar-refractivity contribution in [2.24, 2.45) is 5.41 Å². The normalized spacial score (nSPS) is 21.0. The molecule has 1 unspecified atom stereocenters. The Morgan fingerprint density at radius 1 is 1.32 bits per heavy atom. The lowest BCUT2D eigenvalue weighted by molar-refractivity contribution is -0.167. The Bertz CT molecular complexity index is 449. The van der Waals surface area contributed by atoms with E-state index in [1.54, 1.807) is 7.11 Å². The predicted octanol–water partition coefficient (Wildman–Crippen LogP) is 3.36. The van der Waals surface area contributed by atoms with Gasteiger partial charge in [-0.2, -0.15) is 0 Å². The summed E-state index contributed by atoms with van der Waals surface area (Å²) in [4.78, 5) is 11.8. The lowest BCUT2D eigenvalue weighted by atomic mass is 9.61. The van der Waals surface area contributed by atoms with Crippen LogP contribution in [0, 0.1) is 5.41 Å². The number of carbonyl (C=O) groups is 1. The van der Waals surface area contributed by atoms with Crippen molar-refractivity contribution < 1.29 is 14.3 Å². The van der Waals surface area contributed by atoms with Gasteiger partial charge in [0, 0.05) is 6.42 Å². The van der Waals surface area contributed by atoms with Crippen molar-refractivity contribution in [2.45, 2.75) is 45.8 Å². The largest absolute Gasteiger partial charge is 0.497 e. The van der Waals surface area contributed by atoms with Crippen LogP contribution in [-0.2, 0) is 16.1 Å². The van der Waals surface area contributed by atoms with E-state index in [1.165, 1.54) is 0 Å². The van der Waals surface area contributed by atoms with E-state index in [4.69, 9.17) is 9.47 Å².